The lowest BCUT2D eigenvalue weighted by Gasteiger charge is -2.17. The fourth-order valence-corrected chi connectivity index (χ4v) is 2.76. The molecule has 0 heterocycles. The van der Waals surface area contributed by atoms with Crippen molar-refractivity contribution in [2.24, 2.45) is 5.14 Å². The van der Waals surface area contributed by atoms with Crippen molar-refractivity contribution < 1.29 is 13.3 Å². The summed E-state index contributed by atoms with van der Waals surface area (Å²) in [4.78, 5) is 9.82. The highest BCUT2D eigenvalue weighted by molar-refractivity contribution is 7.89. The van der Waals surface area contributed by atoms with Crippen LogP contribution in [0.25, 0.3) is 0 Å². The van der Waals surface area contributed by atoms with Crippen molar-refractivity contribution in [3.05, 3.63) is 64.2 Å². The number of sulfonamides is 1. The number of hydrogen-bond acceptors (Lipinski definition) is 5. The smallest absolute Gasteiger partial charge is 0.270 e. The highest BCUT2D eigenvalue weighted by Gasteiger charge is 2.20. The molecule has 0 amide bonds. The zero-order valence-electron chi connectivity index (χ0n) is 11.8. The largest absolute Gasteiger partial charge is 0.377 e. The van der Waals surface area contributed by atoms with E-state index in [-0.39, 0.29) is 22.3 Å². The summed E-state index contributed by atoms with van der Waals surface area (Å²) >= 11 is 0. The first-order chi connectivity index (χ1) is 10.3. The molecule has 0 aliphatic rings. The molecular weight excluding hydrogens is 306 g/mol. The summed E-state index contributed by atoms with van der Waals surface area (Å²) in [5, 5.41) is 19.0. The number of primary sulfonamides is 1. The van der Waals surface area contributed by atoms with Crippen molar-refractivity contribution in [1.82, 2.24) is 0 Å². The van der Waals surface area contributed by atoms with Gasteiger partial charge in [-0.3, -0.25) is 10.1 Å². The van der Waals surface area contributed by atoms with Crippen molar-refractivity contribution in [3.63, 3.8) is 0 Å². The minimum atomic E-state index is -4.08. The molecule has 0 radical (unpaired) electrons. The molecule has 0 saturated carbocycles. The molecule has 0 fully saturated rings. The van der Waals surface area contributed by atoms with Gasteiger partial charge >= 0.3 is 0 Å². The van der Waals surface area contributed by atoms with Crippen LogP contribution in [0.15, 0.2) is 53.4 Å². The Hall–Kier alpha value is -2.45. The van der Waals surface area contributed by atoms with E-state index >= 15 is 0 Å². The summed E-state index contributed by atoms with van der Waals surface area (Å²) < 4.78 is 23.3. The summed E-state index contributed by atoms with van der Waals surface area (Å²) in [6.45, 7) is 1.85. The van der Waals surface area contributed by atoms with Crippen LogP contribution in [0.5, 0.6) is 0 Å². The fourth-order valence-electron chi connectivity index (χ4n) is 2.04. The molecule has 116 valence electrons. The third-order valence-electron chi connectivity index (χ3n) is 3.15. The van der Waals surface area contributed by atoms with Crippen LogP contribution in [0, 0.1) is 10.1 Å². The average molecular weight is 321 g/mol. The van der Waals surface area contributed by atoms with Crippen LogP contribution < -0.4 is 10.5 Å². The maximum absolute atomic E-state index is 11.7. The molecule has 2 rings (SSSR count). The lowest BCUT2D eigenvalue weighted by Crippen LogP contribution is -2.16. The van der Waals surface area contributed by atoms with Gasteiger partial charge < -0.3 is 5.32 Å². The first-order valence-corrected chi connectivity index (χ1v) is 7.96. The fraction of sp³-hybridized carbons (Fsp3) is 0.143. The molecule has 0 aliphatic carbocycles. The van der Waals surface area contributed by atoms with Gasteiger partial charge in [-0.25, -0.2) is 13.6 Å². The van der Waals surface area contributed by atoms with Crippen LogP contribution in [0.2, 0.25) is 0 Å². The summed E-state index contributed by atoms with van der Waals surface area (Å²) in [5.41, 5.74) is 0.840. The number of anilines is 1. The monoisotopic (exact) mass is 321 g/mol. The van der Waals surface area contributed by atoms with Gasteiger partial charge in [0.25, 0.3) is 5.69 Å². The predicted molar refractivity (Wildman–Crippen MR) is 82.9 cm³/mol. The Kier molecular flexibility index (Phi) is 4.43. The number of rotatable bonds is 5. The summed E-state index contributed by atoms with van der Waals surface area (Å²) in [7, 11) is -4.08. The van der Waals surface area contributed by atoms with Crippen molar-refractivity contribution in [3.8, 4) is 0 Å². The standard InChI is InChI=1S/C14H15N3O4S/c1-10(11-5-3-2-4-6-11)16-13-8-7-12(17(18)19)9-14(13)22(15,20)21/h2-10,16H,1H3,(H2,15,20,21)/t10-/m0/s1. The van der Waals surface area contributed by atoms with Crippen LogP contribution in [-0.2, 0) is 10.0 Å². The normalized spacial score (nSPS) is 12.6. The molecule has 0 aliphatic heterocycles. The Morgan fingerprint density at radius 3 is 2.36 bits per heavy atom. The van der Waals surface area contributed by atoms with Crippen LogP contribution in [0.4, 0.5) is 11.4 Å². The molecule has 0 spiro atoms. The number of nitrogens with one attached hydrogen (secondary N) is 1. The average Bonchev–Trinajstić information content (AvgIpc) is 2.47. The molecule has 22 heavy (non-hydrogen) atoms. The third-order valence-corrected chi connectivity index (χ3v) is 4.10. The molecule has 0 unspecified atom stereocenters. The quantitative estimate of drug-likeness (QED) is 0.648. The Morgan fingerprint density at radius 2 is 1.82 bits per heavy atom. The lowest BCUT2D eigenvalue weighted by molar-refractivity contribution is -0.385. The highest BCUT2D eigenvalue weighted by Crippen LogP contribution is 2.28. The van der Waals surface area contributed by atoms with E-state index in [2.05, 4.69) is 5.32 Å². The van der Waals surface area contributed by atoms with Crippen LogP contribution in [0.3, 0.4) is 0 Å². The van der Waals surface area contributed by atoms with Gasteiger partial charge in [0.1, 0.15) is 4.90 Å². The maximum atomic E-state index is 11.7. The first-order valence-electron chi connectivity index (χ1n) is 6.42. The number of nitro groups is 1. The van der Waals surface area contributed by atoms with Gasteiger partial charge in [-0.15, -0.1) is 0 Å². The van der Waals surface area contributed by atoms with E-state index < -0.39 is 14.9 Å². The lowest BCUT2D eigenvalue weighted by atomic mass is 10.1. The minimum Gasteiger partial charge on any atom is -0.377 e. The van der Waals surface area contributed by atoms with E-state index in [4.69, 9.17) is 5.14 Å². The highest BCUT2D eigenvalue weighted by atomic mass is 32.2. The van der Waals surface area contributed by atoms with Crippen LogP contribution in [0.1, 0.15) is 18.5 Å². The van der Waals surface area contributed by atoms with Crippen molar-refractivity contribution in [1.29, 1.82) is 0 Å². The maximum Gasteiger partial charge on any atom is 0.270 e. The van der Waals surface area contributed by atoms with Crippen molar-refractivity contribution >= 4 is 21.4 Å². The van der Waals surface area contributed by atoms with Crippen LogP contribution >= 0.6 is 0 Å². The summed E-state index contributed by atoms with van der Waals surface area (Å²) in [5.74, 6) is 0. The molecule has 2 aromatic carbocycles. The van der Waals surface area contributed by atoms with Gasteiger partial charge in [0.2, 0.25) is 10.0 Å². The Bertz CT molecular complexity index is 791. The zero-order valence-corrected chi connectivity index (χ0v) is 12.6. The van der Waals surface area contributed by atoms with Gasteiger partial charge in [-0.2, -0.15) is 0 Å². The second-order valence-electron chi connectivity index (χ2n) is 4.76. The molecular formula is C14H15N3O4S. The molecule has 1 atom stereocenters. The second kappa shape index (κ2) is 6.12. The Balaban J connectivity index is 2.41. The first kappa shape index (κ1) is 15.9. The van der Waals surface area contributed by atoms with Gasteiger partial charge in [-0.1, -0.05) is 30.3 Å². The molecule has 0 saturated heterocycles. The van der Waals surface area contributed by atoms with Crippen LogP contribution in [-0.4, -0.2) is 13.3 Å². The molecule has 0 aromatic heterocycles. The third kappa shape index (κ3) is 3.60. The van der Waals surface area contributed by atoms with E-state index in [9.17, 15) is 18.5 Å². The molecule has 0 bridgehead atoms. The number of nitro benzene ring substituents is 1. The van der Waals surface area contributed by atoms with E-state index in [0.717, 1.165) is 11.6 Å². The molecule has 3 N–H and O–H groups in total. The van der Waals surface area contributed by atoms with E-state index in [1.807, 2.05) is 37.3 Å². The van der Waals surface area contributed by atoms with E-state index in [1.54, 1.807) is 0 Å². The number of nitrogens with zero attached hydrogens (tertiary/aromatic N) is 1. The molecule has 8 heteroatoms. The minimum absolute atomic E-state index is 0.192. The molecule has 2 aromatic rings. The number of nitrogens with two attached hydrogens (primary N) is 1. The topological polar surface area (TPSA) is 115 Å². The van der Waals surface area contributed by atoms with Gasteiger partial charge in [0.05, 0.1) is 10.6 Å². The number of hydrogen-bond donors (Lipinski definition) is 2. The SMILES string of the molecule is C[C@H](Nc1ccc([N+](=O)[O-])cc1S(N)(=O)=O)c1ccccc1. The molecule has 7 nitrogen and oxygen atoms in total. The Labute approximate surface area is 128 Å². The summed E-state index contributed by atoms with van der Waals surface area (Å²) in [6.07, 6.45) is 0. The van der Waals surface area contributed by atoms with Crippen molar-refractivity contribution in [2.75, 3.05) is 5.32 Å². The van der Waals surface area contributed by atoms with Crippen molar-refractivity contribution in [2.45, 2.75) is 17.9 Å². The van der Waals surface area contributed by atoms with Gasteiger partial charge in [-0.05, 0) is 18.6 Å². The number of benzene rings is 2. The van der Waals surface area contributed by atoms with E-state index in [0.29, 0.717) is 0 Å². The second-order valence-corrected chi connectivity index (χ2v) is 6.29. The van der Waals surface area contributed by atoms with E-state index in [1.165, 1.54) is 12.1 Å². The predicted octanol–water partition coefficient (Wildman–Crippen LogP) is 2.42. The van der Waals surface area contributed by atoms with Gasteiger partial charge in [0.15, 0.2) is 0 Å². The Morgan fingerprint density at radius 1 is 1.18 bits per heavy atom. The van der Waals surface area contributed by atoms with Gasteiger partial charge in [0, 0.05) is 18.2 Å². The summed E-state index contributed by atoms with van der Waals surface area (Å²) in [6, 6.07) is 12.7. The zero-order chi connectivity index (χ0) is 16.3. The number of non-ortho nitro benzene ring substituents is 1.